The molecule has 106 valence electrons. The van der Waals surface area contributed by atoms with Crippen molar-refractivity contribution in [3.63, 3.8) is 0 Å². The molecular weight excluding hydrogens is 222 g/mol. The van der Waals surface area contributed by atoms with Crippen molar-refractivity contribution in [2.24, 2.45) is 0 Å². The Morgan fingerprint density at radius 3 is 2.78 bits per heavy atom. The fraction of sp³-hybridized carbons (Fsp3) is 1.00. The van der Waals surface area contributed by atoms with Crippen LogP contribution in [0.3, 0.4) is 0 Å². The molecule has 3 atom stereocenters. The second-order valence-electron chi connectivity index (χ2n) is 6.43. The summed E-state index contributed by atoms with van der Waals surface area (Å²) < 4.78 is 0. The monoisotopic (exact) mass is 253 g/mol. The molecule has 3 nitrogen and oxygen atoms in total. The highest BCUT2D eigenvalue weighted by molar-refractivity contribution is 4.83. The summed E-state index contributed by atoms with van der Waals surface area (Å²) in [4.78, 5) is 5.22. The van der Waals surface area contributed by atoms with E-state index in [4.69, 9.17) is 0 Å². The zero-order chi connectivity index (χ0) is 13.0. The van der Waals surface area contributed by atoms with E-state index in [9.17, 15) is 0 Å². The van der Waals surface area contributed by atoms with Crippen molar-refractivity contribution < 1.29 is 0 Å². The lowest BCUT2D eigenvalue weighted by atomic mass is 9.97. The van der Waals surface area contributed by atoms with E-state index in [0.717, 1.165) is 12.1 Å². The molecule has 2 fully saturated rings. The Balaban J connectivity index is 1.84. The lowest BCUT2D eigenvalue weighted by molar-refractivity contribution is 0.133. The van der Waals surface area contributed by atoms with Gasteiger partial charge in [-0.15, -0.1) is 0 Å². The number of nitrogens with zero attached hydrogens (tertiary/aromatic N) is 2. The summed E-state index contributed by atoms with van der Waals surface area (Å²) in [6, 6.07) is 2.19. The first-order valence-corrected chi connectivity index (χ1v) is 7.84. The predicted molar refractivity (Wildman–Crippen MR) is 78.0 cm³/mol. The SMILES string of the molecule is CC(CC1CCCCN1)N1CCCN(C)CC1C. The summed E-state index contributed by atoms with van der Waals surface area (Å²) in [6.07, 6.45) is 6.82. The Morgan fingerprint density at radius 1 is 1.22 bits per heavy atom. The smallest absolute Gasteiger partial charge is 0.0197 e. The van der Waals surface area contributed by atoms with Crippen LogP contribution in [0, 0.1) is 0 Å². The molecule has 2 saturated heterocycles. The van der Waals surface area contributed by atoms with Crippen LogP contribution in [0.25, 0.3) is 0 Å². The van der Waals surface area contributed by atoms with Gasteiger partial charge in [0.05, 0.1) is 0 Å². The molecule has 0 amide bonds. The van der Waals surface area contributed by atoms with Crippen molar-refractivity contribution in [3.05, 3.63) is 0 Å². The van der Waals surface area contributed by atoms with E-state index in [1.807, 2.05) is 0 Å². The number of rotatable bonds is 3. The summed E-state index contributed by atoms with van der Waals surface area (Å²) in [6.45, 7) is 9.82. The van der Waals surface area contributed by atoms with Crippen molar-refractivity contribution in [1.82, 2.24) is 15.1 Å². The highest BCUT2D eigenvalue weighted by atomic mass is 15.2. The van der Waals surface area contributed by atoms with Gasteiger partial charge in [0.2, 0.25) is 0 Å². The molecule has 0 aromatic heterocycles. The van der Waals surface area contributed by atoms with Gasteiger partial charge < -0.3 is 10.2 Å². The standard InChI is InChI=1S/C15H31N3/c1-13(11-15-7-4-5-8-16-15)18-10-6-9-17(3)12-14(18)2/h13-16H,4-12H2,1-3H3. The maximum atomic E-state index is 3.69. The quantitative estimate of drug-likeness (QED) is 0.829. The van der Waals surface area contributed by atoms with Crippen LogP contribution in [-0.2, 0) is 0 Å². The molecule has 0 radical (unpaired) electrons. The largest absolute Gasteiger partial charge is 0.314 e. The van der Waals surface area contributed by atoms with Gasteiger partial charge >= 0.3 is 0 Å². The molecule has 0 aliphatic carbocycles. The maximum absolute atomic E-state index is 3.69. The van der Waals surface area contributed by atoms with Gasteiger partial charge in [-0.25, -0.2) is 0 Å². The van der Waals surface area contributed by atoms with E-state index in [2.05, 4.69) is 36.0 Å². The van der Waals surface area contributed by atoms with E-state index < -0.39 is 0 Å². The molecule has 2 aliphatic rings. The minimum absolute atomic E-state index is 0.705. The van der Waals surface area contributed by atoms with Gasteiger partial charge in [-0.05, 0) is 66.2 Å². The van der Waals surface area contributed by atoms with E-state index in [0.29, 0.717) is 6.04 Å². The van der Waals surface area contributed by atoms with Crippen LogP contribution in [0.2, 0.25) is 0 Å². The van der Waals surface area contributed by atoms with Crippen molar-refractivity contribution in [3.8, 4) is 0 Å². The van der Waals surface area contributed by atoms with Gasteiger partial charge in [-0.1, -0.05) is 6.42 Å². The highest BCUT2D eigenvalue weighted by Gasteiger charge is 2.26. The summed E-state index contributed by atoms with van der Waals surface area (Å²) in [5.41, 5.74) is 0. The molecule has 0 spiro atoms. The molecule has 3 heteroatoms. The molecule has 2 heterocycles. The summed E-state index contributed by atoms with van der Waals surface area (Å²) in [7, 11) is 2.26. The zero-order valence-electron chi connectivity index (χ0n) is 12.5. The summed E-state index contributed by atoms with van der Waals surface area (Å²) >= 11 is 0. The van der Waals surface area contributed by atoms with Crippen molar-refractivity contribution >= 4 is 0 Å². The Hall–Kier alpha value is -0.120. The Kier molecular flexibility index (Phi) is 5.46. The number of hydrogen-bond acceptors (Lipinski definition) is 3. The van der Waals surface area contributed by atoms with Gasteiger partial charge in [0.1, 0.15) is 0 Å². The van der Waals surface area contributed by atoms with Crippen molar-refractivity contribution in [2.75, 3.05) is 33.2 Å². The second-order valence-corrected chi connectivity index (χ2v) is 6.43. The Morgan fingerprint density at radius 2 is 2.06 bits per heavy atom. The molecule has 0 aromatic carbocycles. The maximum Gasteiger partial charge on any atom is 0.0197 e. The number of likely N-dealkylation sites (N-methyl/N-ethyl adjacent to an activating group) is 1. The lowest BCUT2D eigenvalue weighted by Crippen LogP contribution is -2.47. The molecule has 2 aliphatic heterocycles. The van der Waals surface area contributed by atoms with Gasteiger partial charge in [0.15, 0.2) is 0 Å². The van der Waals surface area contributed by atoms with E-state index in [1.54, 1.807) is 0 Å². The normalized spacial score (nSPS) is 34.2. The molecule has 3 unspecified atom stereocenters. The first-order chi connectivity index (χ1) is 8.66. The Bertz CT molecular complexity index is 238. The summed E-state index contributed by atoms with van der Waals surface area (Å²) in [5, 5.41) is 3.69. The van der Waals surface area contributed by atoms with Gasteiger partial charge in [0.25, 0.3) is 0 Å². The molecule has 18 heavy (non-hydrogen) atoms. The Labute approximate surface area is 113 Å². The van der Waals surface area contributed by atoms with Crippen LogP contribution in [0.1, 0.15) is 46.0 Å². The third kappa shape index (κ3) is 3.94. The average molecular weight is 253 g/mol. The average Bonchev–Trinajstić information content (AvgIpc) is 2.51. The van der Waals surface area contributed by atoms with Crippen LogP contribution in [0.5, 0.6) is 0 Å². The van der Waals surface area contributed by atoms with Crippen molar-refractivity contribution in [1.29, 1.82) is 0 Å². The topological polar surface area (TPSA) is 18.5 Å². The van der Waals surface area contributed by atoms with E-state index in [-0.39, 0.29) is 0 Å². The summed E-state index contributed by atoms with van der Waals surface area (Å²) in [5.74, 6) is 0. The van der Waals surface area contributed by atoms with E-state index >= 15 is 0 Å². The van der Waals surface area contributed by atoms with Crippen molar-refractivity contribution in [2.45, 2.75) is 64.1 Å². The second kappa shape index (κ2) is 6.88. The minimum Gasteiger partial charge on any atom is -0.314 e. The number of hydrogen-bond donors (Lipinski definition) is 1. The molecule has 0 bridgehead atoms. The van der Waals surface area contributed by atoms with Crippen LogP contribution in [-0.4, -0.2) is 61.2 Å². The predicted octanol–water partition coefficient (Wildman–Crippen LogP) is 1.93. The molecular formula is C15H31N3. The van der Waals surface area contributed by atoms with Gasteiger partial charge in [-0.3, -0.25) is 4.90 Å². The zero-order valence-corrected chi connectivity index (χ0v) is 12.5. The number of nitrogens with one attached hydrogen (secondary N) is 1. The lowest BCUT2D eigenvalue weighted by Gasteiger charge is -2.36. The van der Waals surface area contributed by atoms with E-state index in [1.165, 1.54) is 58.3 Å². The number of piperidine rings is 1. The first-order valence-electron chi connectivity index (χ1n) is 7.84. The fourth-order valence-corrected chi connectivity index (χ4v) is 3.72. The molecule has 0 saturated carbocycles. The van der Waals surface area contributed by atoms with Crippen LogP contribution in [0.4, 0.5) is 0 Å². The first kappa shape index (κ1) is 14.3. The van der Waals surface area contributed by atoms with Gasteiger partial charge in [0, 0.05) is 24.7 Å². The van der Waals surface area contributed by atoms with Gasteiger partial charge in [-0.2, -0.15) is 0 Å². The minimum atomic E-state index is 0.705. The molecule has 0 aromatic rings. The van der Waals surface area contributed by atoms with Crippen LogP contribution < -0.4 is 5.32 Å². The molecule has 2 rings (SSSR count). The third-order valence-electron chi connectivity index (χ3n) is 4.70. The molecule has 1 N–H and O–H groups in total. The van der Waals surface area contributed by atoms with Crippen LogP contribution in [0.15, 0.2) is 0 Å². The highest BCUT2D eigenvalue weighted by Crippen LogP contribution is 2.19. The van der Waals surface area contributed by atoms with Crippen LogP contribution >= 0.6 is 0 Å². The third-order valence-corrected chi connectivity index (χ3v) is 4.70. The fourth-order valence-electron chi connectivity index (χ4n) is 3.72.